The number of amides is 1. The van der Waals surface area contributed by atoms with Gasteiger partial charge in [0.15, 0.2) is 0 Å². The van der Waals surface area contributed by atoms with Gasteiger partial charge in [0.2, 0.25) is 5.91 Å². The zero-order valence-corrected chi connectivity index (χ0v) is 16.1. The minimum atomic E-state index is -0.440. The molecule has 6 nitrogen and oxygen atoms in total. The number of ether oxygens (including phenoxy) is 1. The lowest BCUT2D eigenvalue weighted by molar-refractivity contribution is -0.384. The molecule has 146 valence electrons. The third-order valence-electron chi connectivity index (χ3n) is 5.09. The summed E-state index contributed by atoms with van der Waals surface area (Å²) >= 11 is 0. The van der Waals surface area contributed by atoms with E-state index in [1.807, 2.05) is 29.2 Å². The lowest BCUT2D eigenvalue weighted by Crippen LogP contribution is -2.38. The van der Waals surface area contributed by atoms with Gasteiger partial charge in [-0.2, -0.15) is 0 Å². The number of nitro groups is 1. The third-order valence-corrected chi connectivity index (χ3v) is 5.09. The summed E-state index contributed by atoms with van der Waals surface area (Å²) in [5, 5.41) is 10.9. The van der Waals surface area contributed by atoms with Crippen LogP contribution < -0.4 is 4.74 Å². The molecule has 1 atom stereocenters. The molecular formula is C22H24N2O4. The molecule has 1 amide bonds. The summed E-state index contributed by atoms with van der Waals surface area (Å²) in [5.74, 6) is 1.22. The molecule has 0 radical (unpaired) electrons. The largest absolute Gasteiger partial charge is 0.497 e. The van der Waals surface area contributed by atoms with Gasteiger partial charge in [-0.25, -0.2) is 0 Å². The molecule has 1 saturated carbocycles. The van der Waals surface area contributed by atoms with Gasteiger partial charge in [0.05, 0.1) is 12.0 Å². The zero-order chi connectivity index (χ0) is 20.1. The Kier molecular flexibility index (Phi) is 6.09. The van der Waals surface area contributed by atoms with Crippen molar-refractivity contribution in [2.24, 2.45) is 5.92 Å². The van der Waals surface area contributed by atoms with Crippen LogP contribution in [-0.4, -0.2) is 28.9 Å². The Balaban J connectivity index is 1.76. The fourth-order valence-electron chi connectivity index (χ4n) is 3.19. The first-order valence-corrected chi connectivity index (χ1v) is 9.34. The minimum Gasteiger partial charge on any atom is -0.497 e. The Labute approximate surface area is 164 Å². The van der Waals surface area contributed by atoms with Crippen LogP contribution in [0, 0.1) is 16.0 Å². The van der Waals surface area contributed by atoms with Gasteiger partial charge in [-0.05, 0) is 55.0 Å². The van der Waals surface area contributed by atoms with Crippen molar-refractivity contribution in [1.82, 2.24) is 4.90 Å². The van der Waals surface area contributed by atoms with Crippen LogP contribution in [0.25, 0.3) is 6.08 Å². The van der Waals surface area contributed by atoms with Crippen molar-refractivity contribution in [3.05, 3.63) is 75.8 Å². The smallest absolute Gasteiger partial charge is 0.270 e. The van der Waals surface area contributed by atoms with Crippen molar-refractivity contribution < 1.29 is 14.5 Å². The van der Waals surface area contributed by atoms with E-state index in [0.29, 0.717) is 18.0 Å². The van der Waals surface area contributed by atoms with Gasteiger partial charge in [-0.3, -0.25) is 14.9 Å². The summed E-state index contributed by atoms with van der Waals surface area (Å²) in [6.45, 7) is 2.60. The molecule has 2 aromatic carbocycles. The van der Waals surface area contributed by atoms with E-state index >= 15 is 0 Å². The predicted octanol–water partition coefficient (Wildman–Crippen LogP) is 4.44. The quantitative estimate of drug-likeness (QED) is 0.385. The van der Waals surface area contributed by atoms with Crippen molar-refractivity contribution in [2.75, 3.05) is 7.11 Å². The third kappa shape index (κ3) is 4.97. The minimum absolute atomic E-state index is 0.0102. The average molecular weight is 380 g/mol. The summed E-state index contributed by atoms with van der Waals surface area (Å²) in [7, 11) is 1.62. The van der Waals surface area contributed by atoms with Crippen LogP contribution in [0.2, 0.25) is 0 Å². The summed E-state index contributed by atoms with van der Waals surface area (Å²) < 4.78 is 5.19. The summed E-state index contributed by atoms with van der Waals surface area (Å²) in [4.78, 5) is 25.3. The first-order valence-electron chi connectivity index (χ1n) is 9.34. The van der Waals surface area contributed by atoms with E-state index in [1.165, 1.54) is 18.2 Å². The van der Waals surface area contributed by atoms with Gasteiger partial charge >= 0.3 is 0 Å². The molecule has 0 aliphatic heterocycles. The Morgan fingerprint density at radius 2 is 2.00 bits per heavy atom. The first-order chi connectivity index (χ1) is 13.5. The van der Waals surface area contributed by atoms with Crippen LogP contribution in [0.15, 0.2) is 54.6 Å². The number of benzene rings is 2. The van der Waals surface area contributed by atoms with Crippen LogP contribution in [0.4, 0.5) is 5.69 Å². The molecule has 1 fully saturated rings. The van der Waals surface area contributed by atoms with Gasteiger partial charge in [0.25, 0.3) is 5.69 Å². The number of carbonyl (C=O) groups excluding carboxylic acids is 1. The predicted molar refractivity (Wildman–Crippen MR) is 108 cm³/mol. The molecule has 0 bridgehead atoms. The van der Waals surface area contributed by atoms with Gasteiger partial charge in [0.1, 0.15) is 5.75 Å². The molecule has 6 heteroatoms. The normalized spacial score (nSPS) is 14.6. The van der Waals surface area contributed by atoms with Gasteiger partial charge < -0.3 is 9.64 Å². The molecule has 0 aromatic heterocycles. The topological polar surface area (TPSA) is 72.7 Å². The summed E-state index contributed by atoms with van der Waals surface area (Å²) in [6.07, 6.45) is 5.42. The van der Waals surface area contributed by atoms with Crippen LogP contribution in [-0.2, 0) is 11.3 Å². The van der Waals surface area contributed by atoms with Crippen molar-refractivity contribution in [1.29, 1.82) is 0 Å². The fraction of sp³-hybridized carbons (Fsp3) is 0.318. The number of carbonyl (C=O) groups is 1. The standard InChI is InChI=1S/C22H24N2O4/c1-16(19-9-10-19)23(15-18-6-11-21(28-2)12-7-18)22(25)13-8-17-4-3-5-20(14-17)24(26)27/h3-8,11-14,16,19H,9-10,15H2,1-2H3/b13-8+. The molecule has 1 aliphatic carbocycles. The lowest BCUT2D eigenvalue weighted by atomic mass is 10.1. The average Bonchev–Trinajstić information content (AvgIpc) is 3.56. The Bertz CT molecular complexity index is 872. The number of methoxy groups -OCH3 is 1. The summed E-state index contributed by atoms with van der Waals surface area (Å²) in [6, 6.07) is 14.1. The molecule has 0 saturated heterocycles. The van der Waals surface area contributed by atoms with Crippen LogP contribution in [0.5, 0.6) is 5.75 Å². The maximum Gasteiger partial charge on any atom is 0.270 e. The van der Waals surface area contributed by atoms with E-state index in [4.69, 9.17) is 4.74 Å². The second-order valence-corrected chi connectivity index (χ2v) is 7.08. The Morgan fingerprint density at radius 1 is 1.29 bits per heavy atom. The molecule has 2 aromatic rings. The second kappa shape index (κ2) is 8.69. The van der Waals surface area contributed by atoms with Crippen molar-refractivity contribution in [3.63, 3.8) is 0 Å². The first kappa shape index (κ1) is 19.6. The van der Waals surface area contributed by atoms with Gasteiger partial charge in [0, 0.05) is 30.8 Å². The van der Waals surface area contributed by atoms with Crippen LogP contribution >= 0.6 is 0 Å². The van der Waals surface area contributed by atoms with Crippen LogP contribution in [0.3, 0.4) is 0 Å². The van der Waals surface area contributed by atoms with E-state index in [-0.39, 0.29) is 17.6 Å². The fourth-order valence-corrected chi connectivity index (χ4v) is 3.19. The molecule has 0 spiro atoms. The highest BCUT2D eigenvalue weighted by Gasteiger charge is 2.33. The molecule has 1 aliphatic rings. The molecule has 1 unspecified atom stereocenters. The van der Waals surface area contributed by atoms with Crippen molar-refractivity contribution in [3.8, 4) is 5.75 Å². The molecule has 0 N–H and O–H groups in total. The van der Waals surface area contributed by atoms with E-state index in [9.17, 15) is 14.9 Å². The monoisotopic (exact) mass is 380 g/mol. The zero-order valence-electron chi connectivity index (χ0n) is 16.1. The molecule has 3 rings (SSSR count). The molecular weight excluding hydrogens is 356 g/mol. The SMILES string of the molecule is COc1ccc(CN(C(=O)/C=C/c2cccc([N+](=O)[O-])c2)C(C)C2CC2)cc1. The van der Waals surface area contributed by atoms with Crippen molar-refractivity contribution in [2.45, 2.75) is 32.4 Å². The van der Waals surface area contributed by atoms with E-state index in [0.717, 1.165) is 24.2 Å². The summed E-state index contributed by atoms with van der Waals surface area (Å²) in [5.41, 5.74) is 1.67. The molecule has 0 heterocycles. The number of nitrogens with zero attached hydrogens (tertiary/aromatic N) is 2. The van der Waals surface area contributed by atoms with Crippen LogP contribution in [0.1, 0.15) is 30.9 Å². The Hall–Kier alpha value is -3.15. The second-order valence-electron chi connectivity index (χ2n) is 7.08. The molecule has 28 heavy (non-hydrogen) atoms. The van der Waals surface area contributed by atoms with Gasteiger partial charge in [-0.1, -0.05) is 24.3 Å². The number of nitro benzene ring substituents is 1. The number of non-ortho nitro benzene ring substituents is 1. The lowest BCUT2D eigenvalue weighted by Gasteiger charge is -2.28. The number of rotatable bonds is 8. The maximum absolute atomic E-state index is 12.9. The number of hydrogen-bond acceptors (Lipinski definition) is 4. The van der Waals surface area contributed by atoms with E-state index in [1.54, 1.807) is 25.3 Å². The van der Waals surface area contributed by atoms with E-state index in [2.05, 4.69) is 6.92 Å². The highest BCUT2D eigenvalue weighted by Crippen LogP contribution is 2.36. The van der Waals surface area contributed by atoms with Crippen molar-refractivity contribution >= 4 is 17.7 Å². The van der Waals surface area contributed by atoms with E-state index < -0.39 is 4.92 Å². The van der Waals surface area contributed by atoms with Gasteiger partial charge in [-0.15, -0.1) is 0 Å². The highest BCUT2D eigenvalue weighted by molar-refractivity contribution is 5.92. The highest BCUT2D eigenvalue weighted by atomic mass is 16.6. The maximum atomic E-state index is 12.9. The number of hydrogen-bond donors (Lipinski definition) is 0. The Morgan fingerprint density at radius 3 is 2.61 bits per heavy atom.